The summed E-state index contributed by atoms with van der Waals surface area (Å²) in [5, 5.41) is 23.9. The van der Waals surface area contributed by atoms with Crippen LogP contribution in [0.3, 0.4) is 0 Å². The lowest BCUT2D eigenvalue weighted by molar-refractivity contribution is -0.380. The average Bonchev–Trinajstić information content (AvgIpc) is 2.97. The number of thiophene rings is 1. The van der Waals surface area contributed by atoms with E-state index >= 15 is 0 Å². The molecule has 1 amide bonds. The number of rotatable bonds is 3. The minimum Gasteiger partial charge on any atom is -0.484 e. The van der Waals surface area contributed by atoms with Crippen LogP contribution in [0.4, 0.5) is 13.8 Å². The third-order valence-electron chi connectivity index (χ3n) is 4.04. The van der Waals surface area contributed by atoms with E-state index in [0.29, 0.717) is 0 Å². The van der Waals surface area contributed by atoms with Gasteiger partial charge in [-0.3, -0.25) is 14.9 Å². The minimum absolute atomic E-state index is 0.145. The Morgan fingerprint density at radius 3 is 2.65 bits per heavy atom. The SMILES string of the molecule is CC1(C)Oc2cc([N+](=O)[O-])sc2[C@@H](NC(=O)c2ccc(F)c(F)c2)[C@@H]1O. The van der Waals surface area contributed by atoms with Crippen LogP contribution in [0.25, 0.3) is 0 Å². The Bertz CT molecular complexity index is 899. The summed E-state index contributed by atoms with van der Waals surface area (Å²) in [6.45, 7) is 3.14. The first-order valence-corrected chi connectivity index (χ1v) is 8.33. The number of fused-ring (bicyclic) bond motifs is 1. The first-order chi connectivity index (χ1) is 12.1. The van der Waals surface area contributed by atoms with Crippen molar-refractivity contribution in [2.24, 2.45) is 0 Å². The number of nitrogens with one attached hydrogen (secondary N) is 1. The molecular formula is C16H14F2N2O5S. The van der Waals surface area contributed by atoms with Crippen LogP contribution < -0.4 is 10.1 Å². The van der Waals surface area contributed by atoms with Gasteiger partial charge in [0, 0.05) is 5.56 Å². The fourth-order valence-electron chi connectivity index (χ4n) is 2.66. The summed E-state index contributed by atoms with van der Waals surface area (Å²) in [6, 6.07) is 2.87. The summed E-state index contributed by atoms with van der Waals surface area (Å²) < 4.78 is 32.0. The van der Waals surface area contributed by atoms with Crippen molar-refractivity contribution in [2.45, 2.75) is 31.6 Å². The molecule has 2 heterocycles. The first-order valence-electron chi connectivity index (χ1n) is 7.51. The molecular weight excluding hydrogens is 370 g/mol. The Morgan fingerprint density at radius 1 is 1.35 bits per heavy atom. The lowest BCUT2D eigenvalue weighted by Crippen LogP contribution is -2.53. The molecule has 2 N–H and O–H groups in total. The highest BCUT2D eigenvalue weighted by Crippen LogP contribution is 2.47. The van der Waals surface area contributed by atoms with Gasteiger partial charge in [0.15, 0.2) is 11.6 Å². The van der Waals surface area contributed by atoms with Crippen molar-refractivity contribution in [1.29, 1.82) is 0 Å². The predicted molar refractivity (Wildman–Crippen MR) is 88.3 cm³/mol. The highest BCUT2D eigenvalue weighted by atomic mass is 32.1. The zero-order valence-corrected chi connectivity index (χ0v) is 14.5. The van der Waals surface area contributed by atoms with Crippen molar-refractivity contribution >= 4 is 22.2 Å². The summed E-state index contributed by atoms with van der Waals surface area (Å²) in [4.78, 5) is 23.1. The maximum absolute atomic E-state index is 13.4. The van der Waals surface area contributed by atoms with E-state index in [9.17, 15) is 28.8 Å². The molecule has 3 rings (SSSR count). The van der Waals surface area contributed by atoms with Crippen LogP contribution in [0.1, 0.15) is 35.1 Å². The number of carbonyl (C=O) groups is 1. The minimum atomic E-state index is -1.22. The molecule has 0 spiro atoms. The number of benzene rings is 1. The van der Waals surface area contributed by atoms with E-state index < -0.39 is 40.2 Å². The highest BCUT2D eigenvalue weighted by molar-refractivity contribution is 7.15. The second-order valence-electron chi connectivity index (χ2n) is 6.30. The van der Waals surface area contributed by atoms with Gasteiger partial charge in [-0.05, 0) is 32.0 Å². The molecule has 1 aromatic carbocycles. The molecule has 138 valence electrons. The molecule has 1 aliphatic heterocycles. The number of nitro groups is 1. The molecule has 26 heavy (non-hydrogen) atoms. The molecule has 0 bridgehead atoms. The normalized spacial score (nSPS) is 20.8. The Balaban J connectivity index is 1.96. The van der Waals surface area contributed by atoms with Gasteiger partial charge in [0.05, 0.1) is 21.9 Å². The van der Waals surface area contributed by atoms with Crippen LogP contribution in [-0.2, 0) is 0 Å². The van der Waals surface area contributed by atoms with Gasteiger partial charge in [-0.25, -0.2) is 8.78 Å². The topological polar surface area (TPSA) is 102 Å². The van der Waals surface area contributed by atoms with Gasteiger partial charge in [-0.2, -0.15) is 0 Å². The van der Waals surface area contributed by atoms with E-state index in [1.54, 1.807) is 13.8 Å². The monoisotopic (exact) mass is 384 g/mol. The number of halogens is 2. The molecule has 1 aromatic heterocycles. The third-order valence-corrected chi connectivity index (χ3v) is 5.19. The number of aliphatic hydroxyl groups is 1. The molecule has 10 heteroatoms. The number of amides is 1. The first kappa shape index (κ1) is 18.2. The van der Waals surface area contributed by atoms with Crippen LogP contribution in [0, 0.1) is 21.7 Å². The van der Waals surface area contributed by atoms with Crippen molar-refractivity contribution < 1.29 is 28.3 Å². The summed E-state index contributed by atoms with van der Waals surface area (Å²) in [5.41, 5.74) is -1.28. The maximum Gasteiger partial charge on any atom is 0.328 e. The van der Waals surface area contributed by atoms with Crippen LogP contribution >= 0.6 is 11.3 Å². The fraction of sp³-hybridized carbons (Fsp3) is 0.312. The smallest absolute Gasteiger partial charge is 0.328 e. The summed E-state index contributed by atoms with van der Waals surface area (Å²) in [6.07, 6.45) is -1.22. The van der Waals surface area contributed by atoms with Crippen molar-refractivity contribution in [3.8, 4) is 5.75 Å². The quantitative estimate of drug-likeness (QED) is 0.626. The molecule has 2 atom stereocenters. The highest BCUT2D eigenvalue weighted by Gasteiger charge is 2.46. The second-order valence-corrected chi connectivity index (χ2v) is 7.36. The molecule has 2 aromatic rings. The van der Waals surface area contributed by atoms with Crippen molar-refractivity contribution in [3.63, 3.8) is 0 Å². The standard InChI is InChI=1S/C16H14F2N2O5S/c1-16(2)14(21)12(13-10(25-16)6-11(26-13)20(23)24)19-15(22)7-3-4-8(17)9(18)5-7/h3-6,12,14,21H,1-2H3,(H,19,22)/t12-,14+/m1/s1. The van der Waals surface area contributed by atoms with Gasteiger partial charge < -0.3 is 15.2 Å². The Kier molecular flexibility index (Phi) is 4.41. The van der Waals surface area contributed by atoms with Crippen molar-refractivity contribution in [1.82, 2.24) is 5.32 Å². The predicted octanol–water partition coefficient (Wildman–Crippen LogP) is 2.94. The molecule has 0 radical (unpaired) electrons. The van der Waals surface area contributed by atoms with Gasteiger partial charge in [0.1, 0.15) is 17.5 Å². The molecule has 0 saturated heterocycles. The average molecular weight is 384 g/mol. The Morgan fingerprint density at radius 2 is 2.04 bits per heavy atom. The number of hydrogen-bond donors (Lipinski definition) is 2. The zero-order chi connectivity index (χ0) is 19.2. The van der Waals surface area contributed by atoms with Gasteiger partial charge >= 0.3 is 5.00 Å². The summed E-state index contributed by atoms with van der Waals surface area (Å²) >= 11 is 0.766. The fourth-order valence-corrected chi connectivity index (χ4v) is 3.64. The second kappa shape index (κ2) is 6.29. The van der Waals surface area contributed by atoms with Gasteiger partial charge in [-0.15, -0.1) is 0 Å². The van der Waals surface area contributed by atoms with Gasteiger partial charge in [-0.1, -0.05) is 11.3 Å². The summed E-state index contributed by atoms with van der Waals surface area (Å²) in [7, 11) is 0. The van der Waals surface area contributed by atoms with E-state index in [1.807, 2.05) is 0 Å². The molecule has 1 aliphatic rings. The number of carbonyl (C=O) groups excluding carboxylic acids is 1. The lowest BCUT2D eigenvalue weighted by atomic mass is 9.90. The third kappa shape index (κ3) is 3.13. The van der Waals surface area contributed by atoms with Crippen molar-refractivity contribution in [3.05, 3.63) is 56.5 Å². The van der Waals surface area contributed by atoms with Crippen LogP contribution in [0.2, 0.25) is 0 Å². The van der Waals surface area contributed by atoms with Crippen LogP contribution in [0.5, 0.6) is 5.75 Å². The van der Waals surface area contributed by atoms with E-state index in [4.69, 9.17) is 4.74 Å². The van der Waals surface area contributed by atoms with E-state index in [2.05, 4.69) is 5.32 Å². The number of aliphatic hydroxyl groups excluding tert-OH is 1. The van der Waals surface area contributed by atoms with Crippen molar-refractivity contribution in [2.75, 3.05) is 0 Å². The molecule has 0 unspecified atom stereocenters. The van der Waals surface area contributed by atoms with Gasteiger partial charge in [0.25, 0.3) is 5.91 Å². The van der Waals surface area contributed by atoms with Crippen LogP contribution in [0.15, 0.2) is 24.3 Å². The molecule has 0 saturated carbocycles. The maximum atomic E-state index is 13.4. The van der Waals surface area contributed by atoms with E-state index in [0.717, 1.165) is 29.5 Å². The molecule has 0 fully saturated rings. The number of hydrogen-bond acceptors (Lipinski definition) is 6. The van der Waals surface area contributed by atoms with E-state index in [1.165, 1.54) is 6.07 Å². The Hall–Kier alpha value is -2.59. The zero-order valence-electron chi connectivity index (χ0n) is 13.7. The number of ether oxygens (including phenoxy) is 1. The van der Waals surface area contributed by atoms with Gasteiger partial charge in [0.2, 0.25) is 0 Å². The molecule has 7 nitrogen and oxygen atoms in total. The Labute approximate surface area is 150 Å². The summed E-state index contributed by atoms with van der Waals surface area (Å²) in [5.74, 6) is -2.84. The molecule has 0 aliphatic carbocycles. The van der Waals surface area contributed by atoms with E-state index in [-0.39, 0.29) is 21.2 Å². The lowest BCUT2D eigenvalue weighted by Gasteiger charge is -2.40. The number of nitrogens with zero attached hydrogens (tertiary/aromatic N) is 1. The van der Waals surface area contributed by atoms with Crippen LogP contribution in [-0.4, -0.2) is 27.6 Å². The largest absolute Gasteiger partial charge is 0.484 e.